The minimum absolute atomic E-state index is 0.00121. The summed E-state index contributed by atoms with van der Waals surface area (Å²) < 4.78 is 72.2. The lowest BCUT2D eigenvalue weighted by atomic mass is 10.0. The summed E-state index contributed by atoms with van der Waals surface area (Å²) >= 11 is 0. The Morgan fingerprint density at radius 1 is 0.392 bits per heavy atom. The van der Waals surface area contributed by atoms with Crippen LogP contribution in [-0.4, -0.2) is 19.5 Å². The molecule has 2 aromatic heterocycles. The van der Waals surface area contributed by atoms with Crippen molar-refractivity contribution >= 4 is 43.4 Å². The van der Waals surface area contributed by atoms with Crippen LogP contribution in [0.2, 0.25) is 0 Å². The second-order valence-corrected chi connectivity index (χ2v) is 12.3. The molecule has 0 saturated heterocycles. The first-order valence-electron chi connectivity index (χ1n) is 20.5. The molecule has 0 spiro atoms. The van der Waals surface area contributed by atoms with Gasteiger partial charge in [0.2, 0.25) is 0 Å². The Morgan fingerprint density at radius 2 is 0.882 bits per heavy atom. The molecule has 0 N–H and O–H groups in total. The molecule has 0 atom stereocenters. The van der Waals surface area contributed by atoms with Gasteiger partial charge in [0.15, 0.2) is 17.5 Å². The SMILES string of the molecule is [2H]c1c([2H])c([2H])c2c(c1[2H])c1c([2H])c([2H])c([2H])c([2H])c1n2-c1cc(-c2ccccc2)cc(-c2nc(-c3cccc4ccccc34)nc(-c3cccc4ccccc34)n2)c1. The number of fused-ring (bicyclic) bond motifs is 5. The van der Waals surface area contributed by atoms with E-state index >= 15 is 0 Å². The van der Waals surface area contributed by atoms with Crippen LogP contribution >= 0.6 is 0 Å². The van der Waals surface area contributed by atoms with Crippen molar-refractivity contribution in [2.75, 3.05) is 0 Å². The number of benzene rings is 8. The highest BCUT2D eigenvalue weighted by atomic mass is 15.0. The van der Waals surface area contributed by atoms with E-state index in [1.54, 1.807) is 6.07 Å². The Bertz CT molecular complexity index is 3200. The molecule has 4 nitrogen and oxygen atoms in total. The number of nitrogens with zero attached hydrogens (tertiary/aromatic N) is 4. The second-order valence-electron chi connectivity index (χ2n) is 12.3. The molecule has 0 fully saturated rings. The van der Waals surface area contributed by atoms with Crippen LogP contribution in [0, 0.1) is 0 Å². The van der Waals surface area contributed by atoms with Crippen molar-refractivity contribution in [3.05, 3.63) is 182 Å². The first-order chi connectivity index (χ1) is 28.6. The summed E-state index contributed by atoms with van der Waals surface area (Å²) in [5, 5.41) is 3.97. The molecule has 0 bridgehead atoms. The number of hydrogen-bond acceptors (Lipinski definition) is 3. The highest BCUT2D eigenvalue weighted by Crippen LogP contribution is 2.37. The van der Waals surface area contributed by atoms with Gasteiger partial charge in [0.25, 0.3) is 0 Å². The number of rotatable bonds is 5. The van der Waals surface area contributed by atoms with Crippen LogP contribution in [0.3, 0.4) is 0 Å². The Morgan fingerprint density at radius 3 is 1.49 bits per heavy atom. The van der Waals surface area contributed by atoms with E-state index in [1.165, 1.54) is 4.57 Å². The van der Waals surface area contributed by atoms with Gasteiger partial charge in [-0.3, -0.25) is 0 Å². The van der Waals surface area contributed by atoms with Crippen molar-refractivity contribution in [1.29, 1.82) is 0 Å². The van der Waals surface area contributed by atoms with Crippen molar-refractivity contribution in [1.82, 2.24) is 19.5 Å². The predicted molar refractivity (Wildman–Crippen MR) is 211 cm³/mol. The summed E-state index contributed by atoms with van der Waals surface area (Å²) in [6.07, 6.45) is 0. The largest absolute Gasteiger partial charge is 0.309 e. The second kappa shape index (κ2) is 11.9. The molecule has 10 rings (SSSR count). The van der Waals surface area contributed by atoms with Gasteiger partial charge < -0.3 is 4.57 Å². The van der Waals surface area contributed by atoms with E-state index in [4.69, 9.17) is 25.9 Å². The molecule has 2 heterocycles. The Labute approximate surface area is 306 Å². The standard InChI is InChI=1S/C47H30N4/c1-2-14-31(15-3-1)34-28-35(30-36(29-34)51-43-26-10-8-22-39(43)40-23-9-11-27-44(40)51)45-48-46(41-24-12-18-32-16-4-6-20-37(32)41)50-47(49-45)42-25-13-19-33-17-5-7-21-38(33)42/h1-30H/i8D,9D,10D,11D,22D,23D,26D,27D. The zero-order chi connectivity index (χ0) is 40.7. The minimum Gasteiger partial charge on any atom is -0.309 e. The normalized spacial score (nSPS) is 13.7. The van der Waals surface area contributed by atoms with Crippen molar-refractivity contribution in [3.8, 4) is 51.0 Å². The maximum atomic E-state index is 9.15. The average Bonchev–Trinajstić information content (AvgIpc) is 3.65. The van der Waals surface area contributed by atoms with Crippen LogP contribution in [0.5, 0.6) is 0 Å². The van der Waals surface area contributed by atoms with E-state index in [-0.39, 0.29) is 33.9 Å². The van der Waals surface area contributed by atoms with Crippen molar-refractivity contribution in [2.24, 2.45) is 0 Å². The third kappa shape index (κ3) is 4.96. The molecule has 8 aromatic carbocycles. The summed E-state index contributed by atoms with van der Waals surface area (Å²) in [7, 11) is 0. The van der Waals surface area contributed by atoms with E-state index in [0.717, 1.165) is 38.2 Å². The van der Waals surface area contributed by atoms with Crippen LogP contribution < -0.4 is 0 Å². The molecule has 10 aromatic rings. The summed E-state index contributed by atoms with van der Waals surface area (Å²) in [5.74, 6) is 1.22. The van der Waals surface area contributed by atoms with Crippen LogP contribution in [0.25, 0.3) is 94.3 Å². The maximum Gasteiger partial charge on any atom is 0.164 e. The third-order valence-electron chi connectivity index (χ3n) is 9.27. The van der Waals surface area contributed by atoms with Crippen LogP contribution in [0.4, 0.5) is 0 Å². The van der Waals surface area contributed by atoms with Crippen LogP contribution in [0.15, 0.2) is 182 Å². The molecule has 0 amide bonds. The van der Waals surface area contributed by atoms with Crippen LogP contribution in [-0.2, 0) is 0 Å². The van der Waals surface area contributed by atoms with Gasteiger partial charge in [-0.1, -0.05) is 152 Å². The lowest BCUT2D eigenvalue weighted by Gasteiger charge is -2.15. The van der Waals surface area contributed by atoms with Crippen molar-refractivity contribution < 1.29 is 11.0 Å². The molecule has 238 valence electrons. The van der Waals surface area contributed by atoms with E-state index in [9.17, 15) is 0 Å². The van der Waals surface area contributed by atoms with Gasteiger partial charge in [-0.05, 0) is 63.0 Å². The molecule has 0 aliphatic carbocycles. The quantitative estimate of drug-likeness (QED) is 0.185. The van der Waals surface area contributed by atoms with Gasteiger partial charge in [-0.25, -0.2) is 15.0 Å². The van der Waals surface area contributed by atoms with Gasteiger partial charge in [0, 0.05) is 33.2 Å². The Balaban J connectivity index is 1.34. The fourth-order valence-electron chi connectivity index (χ4n) is 6.93. The third-order valence-corrected chi connectivity index (χ3v) is 9.27. The number of hydrogen-bond donors (Lipinski definition) is 0. The summed E-state index contributed by atoms with van der Waals surface area (Å²) in [5.41, 5.74) is 4.14. The van der Waals surface area contributed by atoms with E-state index in [0.29, 0.717) is 34.3 Å². The predicted octanol–water partition coefficient (Wildman–Crippen LogP) is 11.9. The lowest BCUT2D eigenvalue weighted by molar-refractivity contribution is 1.08. The Kier molecular flexibility index (Phi) is 5.12. The molecular formula is C47H30N4. The van der Waals surface area contributed by atoms with Gasteiger partial charge >= 0.3 is 0 Å². The zero-order valence-electron chi connectivity index (χ0n) is 35.0. The van der Waals surface area contributed by atoms with Gasteiger partial charge in [-0.2, -0.15) is 0 Å². The smallest absolute Gasteiger partial charge is 0.164 e. The summed E-state index contributed by atoms with van der Waals surface area (Å²) in [6.45, 7) is 0. The molecule has 0 aliphatic rings. The van der Waals surface area contributed by atoms with Crippen molar-refractivity contribution in [3.63, 3.8) is 0 Å². The lowest BCUT2D eigenvalue weighted by Crippen LogP contribution is -2.02. The van der Waals surface area contributed by atoms with E-state index < -0.39 is 36.3 Å². The monoisotopic (exact) mass is 658 g/mol. The first-order valence-corrected chi connectivity index (χ1v) is 16.5. The molecular weight excluding hydrogens is 621 g/mol. The highest BCUT2D eigenvalue weighted by molar-refractivity contribution is 6.09. The average molecular weight is 659 g/mol. The number of aromatic nitrogens is 4. The fourth-order valence-corrected chi connectivity index (χ4v) is 6.93. The zero-order valence-corrected chi connectivity index (χ0v) is 27.0. The molecule has 0 radical (unpaired) electrons. The molecule has 0 saturated carbocycles. The van der Waals surface area contributed by atoms with Gasteiger partial charge in [0.1, 0.15) is 0 Å². The minimum atomic E-state index is -0.500. The van der Waals surface area contributed by atoms with Gasteiger partial charge in [-0.15, -0.1) is 0 Å². The van der Waals surface area contributed by atoms with E-state index in [2.05, 4.69) is 0 Å². The Hall–Kier alpha value is -6.91. The van der Waals surface area contributed by atoms with Crippen molar-refractivity contribution in [2.45, 2.75) is 0 Å². The first kappa shape index (κ1) is 21.9. The molecule has 4 heteroatoms. The van der Waals surface area contributed by atoms with Crippen LogP contribution in [0.1, 0.15) is 11.0 Å². The maximum absolute atomic E-state index is 9.15. The number of para-hydroxylation sites is 2. The van der Waals surface area contributed by atoms with Gasteiger partial charge in [0.05, 0.1) is 22.0 Å². The highest BCUT2D eigenvalue weighted by Gasteiger charge is 2.19. The fraction of sp³-hybridized carbons (Fsp3) is 0. The molecule has 0 aliphatic heterocycles. The topological polar surface area (TPSA) is 43.6 Å². The van der Waals surface area contributed by atoms with E-state index in [1.807, 2.05) is 127 Å². The molecule has 0 unspecified atom stereocenters. The summed E-state index contributed by atoms with van der Waals surface area (Å²) in [6, 6.07) is 39.8. The molecule has 51 heavy (non-hydrogen) atoms. The summed E-state index contributed by atoms with van der Waals surface area (Å²) in [4.78, 5) is 15.4.